The first-order chi connectivity index (χ1) is 6.72. The Bertz CT molecular complexity index is 431. The molecule has 1 heterocycles. The van der Waals surface area contributed by atoms with Gasteiger partial charge in [0, 0.05) is 17.3 Å². The van der Waals surface area contributed by atoms with Gasteiger partial charge in [-0.15, -0.1) is 0 Å². The maximum absolute atomic E-state index is 8.76. The van der Waals surface area contributed by atoms with Crippen molar-refractivity contribution in [1.82, 2.24) is 0 Å². The van der Waals surface area contributed by atoms with E-state index in [1.54, 1.807) is 0 Å². The molecular weight excluding hydrogens is 196 g/mol. The zero-order valence-corrected chi connectivity index (χ0v) is 8.38. The summed E-state index contributed by atoms with van der Waals surface area (Å²) in [4.78, 5) is 1.92. The lowest BCUT2D eigenvalue weighted by molar-refractivity contribution is 0.970. The minimum absolute atomic E-state index is 0.492. The highest BCUT2D eigenvalue weighted by molar-refractivity contribution is 6.30. The van der Waals surface area contributed by atoms with Gasteiger partial charge in [0.25, 0.3) is 0 Å². The van der Waals surface area contributed by atoms with E-state index in [0.29, 0.717) is 5.70 Å². The van der Waals surface area contributed by atoms with Gasteiger partial charge in [0.15, 0.2) is 0 Å². The van der Waals surface area contributed by atoms with Gasteiger partial charge in [-0.05, 0) is 30.2 Å². The molecule has 0 aromatic heterocycles. The fourth-order valence-corrected chi connectivity index (χ4v) is 1.91. The van der Waals surface area contributed by atoms with Gasteiger partial charge < -0.3 is 4.90 Å². The molecule has 1 aliphatic rings. The summed E-state index contributed by atoms with van der Waals surface area (Å²) < 4.78 is 0. The van der Waals surface area contributed by atoms with Crippen LogP contribution in [0.4, 0.5) is 5.69 Å². The number of hydrogen-bond acceptors (Lipinski definition) is 2. The largest absolute Gasteiger partial charge is 0.333 e. The number of allylic oxidation sites excluding steroid dienone is 1. The lowest BCUT2D eigenvalue weighted by Crippen LogP contribution is -2.17. The van der Waals surface area contributed by atoms with Crippen molar-refractivity contribution in [2.45, 2.75) is 6.42 Å². The Balaban J connectivity index is 2.41. The molecule has 2 rings (SSSR count). The summed E-state index contributed by atoms with van der Waals surface area (Å²) in [5.74, 6) is 0. The number of rotatable bonds is 1. The van der Waals surface area contributed by atoms with Crippen molar-refractivity contribution in [2.24, 2.45) is 0 Å². The molecule has 0 unspecified atom stereocenters. The van der Waals surface area contributed by atoms with Crippen molar-refractivity contribution in [2.75, 3.05) is 11.4 Å². The Hall–Kier alpha value is -1.46. The molecular formula is C11H9ClN2. The monoisotopic (exact) mass is 204 g/mol. The zero-order valence-electron chi connectivity index (χ0n) is 7.63. The molecule has 14 heavy (non-hydrogen) atoms. The molecule has 0 spiro atoms. The SMILES string of the molecule is C=C(C#N)N1CCc2cc(Cl)ccc21. The van der Waals surface area contributed by atoms with Crippen LogP contribution in [-0.2, 0) is 6.42 Å². The van der Waals surface area contributed by atoms with E-state index in [4.69, 9.17) is 16.9 Å². The fourth-order valence-electron chi connectivity index (χ4n) is 1.71. The van der Waals surface area contributed by atoms with Crippen molar-refractivity contribution in [3.63, 3.8) is 0 Å². The Morgan fingerprint density at radius 2 is 2.36 bits per heavy atom. The van der Waals surface area contributed by atoms with Crippen LogP contribution in [0.5, 0.6) is 0 Å². The third kappa shape index (κ3) is 1.36. The lowest BCUT2D eigenvalue weighted by atomic mass is 10.2. The molecule has 0 atom stereocenters. The highest BCUT2D eigenvalue weighted by Crippen LogP contribution is 2.32. The van der Waals surface area contributed by atoms with Gasteiger partial charge >= 0.3 is 0 Å². The maximum atomic E-state index is 8.76. The Kier molecular flexibility index (Phi) is 2.18. The molecule has 1 aromatic carbocycles. The van der Waals surface area contributed by atoms with Crippen LogP contribution < -0.4 is 4.90 Å². The third-order valence-corrected chi connectivity index (χ3v) is 2.63. The van der Waals surface area contributed by atoms with E-state index in [9.17, 15) is 0 Å². The molecule has 1 aliphatic heterocycles. The Morgan fingerprint density at radius 3 is 3.07 bits per heavy atom. The van der Waals surface area contributed by atoms with Gasteiger partial charge in [0.05, 0.1) is 0 Å². The lowest BCUT2D eigenvalue weighted by Gasteiger charge is -2.16. The van der Waals surface area contributed by atoms with E-state index in [0.717, 1.165) is 23.7 Å². The van der Waals surface area contributed by atoms with Crippen molar-refractivity contribution in [3.05, 3.63) is 41.1 Å². The van der Waals surface area contributed by atoms with Crippen LogP contribution in [0.25, 0.3) is 0 Å². The van der Waals surface area contributed by atoms with Crippen LogP contribution in [0.3, 0.4) is 0 Å². The predicted octanol–water partition coefficient (Wildman–Crippen LogP) is 2.74. The van der Waals surface area contributed by atoms with E-state index in [1.807, 2.05) is 23.1 Å². The van der Waals surface area contributed by atoms with Gasteiger partial charge in [-0.25, -0.2) is 0 Å². The average Bonchev–Trinajstić information content (AvgIpc) is 2.59. The van der Waals surface area contributed by atoms with E-state index < -0.39 is 0 Å². The molecule has 1 aromatic rings. The second kappa shape index (κ2) is 3.36. The standard InChI is InChI=1S/C11H9ClN2/c1-8(7-13)14-5-4-9-6-10(12)2-3-11(9)14/h2-3,6H,1,4-5H2. The molecule has 0 amide bonds. The highest BCUT2D eigenvalue weighted by atomic mass is 35.5. The quantitative estimate of drug-likeness (QED) is 0.658. The second-order valence-corrected chi connectivity index (χ2v) is 3.67. The molecule has 0 fully saturated rings. The van der Waals surface area contributed by atoms with Crippen LogP contribution >= 0.6 is 11.6 Å². The summed E-state index contributed by atoms with van der Waals surface area (Å²) in [6.07, 6.45) is 0.927. The number of halogens is 1. The molecule has 0 radical (unpaired) electrons. The summed E-state index contributed by atoms with van der Waals surface area (Å²) >= 11 is 5.88. The van der Waals surface area contributed by atoms with E-state index in [1.165, 1.54) is 5.56 Å². The smallest absolute Gasteiger partial charge is 0.117 e. The highest BCUT2D eigenvalue weighted by Gasteiger charge is 2.20. The van der Waals surface area contributed by atoms with Gasteiger partial charge in [-0.3, -0.25) is 0 Å². The zero-order chi connectivity index (χ0) is 10.1. The minimum Gasteiger partial charge on any atom is -0.333 e. The number of benzene rings is 1. The molecule has 70 valence electrons. The Labute approximate surface area is 88.0 Å². The number of nitrogens with zero attached hydrogens (tertiary/aromatic N) is 2. The van der Waals surface area contributed by atoms with Crippen LogP contribution in [0.1, 0.15) is 5.56 Å². The summed E-state index contributed by atoms with van der Waals surface area (Å²) in [6.45, 7) is 4.53. The average molecular weight is 205 g/mol. The first-order valence-corrected chi connectivity index (χ1v) is 4.75. The fraction of sp³-hybridized carbons (Fsp3) is 0.182. The van der Waals surface area contributed by atoms with E-state index >= 15 is 0 Å². The number of hydrogen-bond donors (Lipinski definition) is 0. The molecule has 0 bridgehead atoms. The molecule has 0 saturated carbocycles. The maximum Gasteiger partial charge on any atom is 0.117 e. The second-order valence-electron chi connectivity index (χ2n) is 3.23. The normalized spacial score (nSPS) is 13.6. The van der Waals surface area contributed by atoms with Crippen LogP contribution in [0.15, 0.2) is 30.5 Å². The van der Waals surface area contributed by atoms with Crippen LogP contribution in [0, 0.1) is 11.3 Å². The summed E-state index contributed by atoms with van der Waals surface area (Å²) in [7, 11) is 0. The van der Waals surface area contributed by atoms with Crippen molar-refractivity contribution in [3.8, 4) is 6.07 Å². The van der Waals surface area contributed by atoms with Crippen molar-refractivity contribution >= 4 is 17.3 Å². The van der Waals surface area contributed by atoms with Crippen LogP contribution in [-0.4, -0.2) is 6.54 Å². The molecule has 0 saturated heterocycles. The topological polar surface area (TPSA) is 27.0 Å². The summed E-state index contributed by atoms with van der Waals surface area (Å²) in [6, 6.07) is 7.78. The van der Waals surface area contributed by atoms with Crippen LogP contribution in [0.2, 0.25) is 5.02 Å². The van der Waals surface area contributed by atoms with E-state index in [-0.39, 0.29) is 0 Å². The first-order valence-electron chi connectivity index (χ1n) is 4.37. The Morgan fingerprint density at radius 1 is 1.57 bits per heavy atom. The van der Waals surface area contributed by atoms with Crippen molar-refractivity contribution in [1.29, 1.82) is 5.26 Å². The number of anilines is 1. The van der Waals surface area contributed by atoms with Gasteiger partial charge in [0.1, 0.15) is 11.8 Å². The molecule has 2 nitrogen and oxygen atoms in total. The molecule has 0 N–H and O–H groups in total. The van der Waals surface area contributed by atoms with Gasteiger partial charge in [-0.2, -0.15) is 5.26 Å². The molecule has 3 heteroatoms. The predicted molar refractivity (Wildman–Crippen MR) is 57.3 cm³/mol. The van der Waals surface area contributed by atoms with Gasteiger partial charge in [-0.1, -0.05) is 18.2 Å². The molecule has 0 aliphatic carbocycles. The minimum atomic E-state index is 0.492. The number of nitriles is 1. The summed E-state index contributed by atoms with van der Waals surface area (Å²) in [5, 5.41) is 9.50. The summed E-state index contributed by atoms with van der Waals surface area (Å²) in [5.41, 5.74) is 2.74. The third-order valence-electron chi connectivity index (χ3n) is 2.39. The van der Waals surface area contributed by atoms with E-state index in [2.05, 4.69) is 12.6 Å². The number of fused-ring (bicyclic) bond motifs is 1. The van der Waals surface area contributed by atoms with Gasteiger partial charge in [0.2, 0.25) is 0 Å². The van der Waals surface area contributed by atoms with Crippen molar-refractivity contribution < 1.29 is 0 Å². The first kappa shape index (κ1) is 9.11.